The highest BCUT2D eigenvalue weighted by Crippen LogP contribution is 2.25. The third-order valence-electron chi connectivity index (χ3n) is 3.75. The van der Waals surface area contributed by atoms with Crippen LogP contribution in [-0.4, -0.2) is 44.0 Å². The Morgan fingerprint density at radius 3 is 2.57 bits per heavy atom. The van der Waals surface area contributed by atoms with Crippen molar-refractivity contribution in [1.82, 2.24) is 9.62 Å². The second kappa shape index (κ2) is 5.96. The van der Waals surface area contributed by atoms with Crippen LogP contribution in [0.2, 0.25) is 0 Å². The molecule has 0 bridgehead atoms. The predicted molar refractivity (Wildman–Crippen MR) is 83.0 cm³/mol. The molecule has 5 nitrogen and oxygen atoms in total. The van der Waals surface area contributed by atoms with Gasteiger partial charge in [-0.05, 0) is 38.1 Å². The van der Waals surface area contributed by atoms with Gasteiger partial charge in [0.15, 0.2) is 0 Å². The highest BCUT2D eigenvalue weighted by molar-refractivity contribution is 7.89. The van der Waals surface area contributed by atoms with Crippen LogP contribution >= 0.6 is 12.2 Å². The van der Waals surface area contributed by atoms with Crippen LogP contribution in [0.4, 0.5) is 4.39 Å². The molecule has 0 saturated carbocycles. The van der Waals surface area contributed by atoms with Gasteiger partial charge in [0.2, 0.25) is 10.0 Å². The van der Waals surface area contributed by atoms with E-state index in [0.717, 1.165) is 6.07 Å². The molecule has 1 heterocycles. The molecule has 3 N–H and O–H groups in total. The van der Waals surface area contributed by atoms with Crippen LogP contribution in [0.3, 0.4) is 0 Å². The van der Waals surface area contributed by atoms with Gasteiger partial charge in [-0.25, -0.2) is 12.8 Å². The van der Waals surface area contributed by atoms with Crippen LogP contribution in [0.15, 0.2) is 29.2 Å². The number of nitrogens with one attached hydrogen (secondary N) is 1. The van der Waals surface area contributed by atoms with Crippen molar-refractivity contribution in [2.45, 2.75) is 23.3 Å². The summed E-state index contributed by atoms with van der Waals surface area (Å²) in [6.45, 7) is 1.37. The Balaban J connectivity index is 2.30. The van der Waals surface area contributed by atoms with E-state index in [4.69, 9.17) is 18.0 Å². The summed E-state index contributed by atoms with van der Waals surface area (Å²) >= 11 is 5.07. The molecule has 1 aromatic rings. The van der Waals surface area contributed by atoms with Gasteiger partial charge < -0.3 is 10.6 Å². The molecular weight excluding hydrogens is 313 g/mol. The maximum atomic E-state index is 13.2. The molecule has 1 saturated heterocycles. The van der Waals surface area contributed by atoms with E-state index in [2.05, 4.69) is 9.62 Å². The number of nitrogens with two attached hydrogens (primary N) is 1. The molecule has 116 valence electrons. The van der Waals surface area contributed by atoms with Gasteiger partial charge in [0, 0.05) is 13.1 Å². The zero-order chi connectivity index (χ0) is 15.7. The molecule has 0 aromatic heterocycles. The van der Waals surface area contributed by atoms with Crippen LogP contribution in [0, 0.1) is 5.82 Å². The molecule has 2 rings (SSSR count). The Morgan fingerprint density at radius 1 is 1.43 bits per heavy atom. The molecule has 0 amide bonds. The van der Waals surface area contributed by atoms with Crippen molar-refractivity contribution < 1.29 is 12.8 Å². The predicted octanol–water partition coefficient (Wildman–Crippen LogP) is 0.855. The normalized spacial score (nSPS) is 19.3. The molecule has 0 unspecified atom stereocenters. The number of halogens is 1. The van der Waals surface area contributed by atoms with Gasteiger partial charge in [0.1, 0.15) is 5.82 Å². The fourth-order valence-electron chi connectivity index (χ4n) is 2.35. The zero-order valence-corrected chi connectivity index (χ0v) is 13.3. The second-order valence-corrected chi connectivity index (χ2v) is 7.43. The van der Waals surface area contributed by atoms with Crippen LogP contribution in [0.1, 0.15) is 12.8 Å². The lowest BCUT2D eigenvalue weighted by atomic mass is 9.89. The summed E-state index contributed by atoms with van der Waals surface area (Å²) in [5.74, 6) is -0.606. The maximum Gasteiger partial charge on any atom is 0.241 e. The summed E-state index contributed by atoms with van der Waals surface area (Å²) in [7, 11) is -1.93. The van der Waals surface area contributed by atoms with Crippen LogP contribution in [0.25, 0.3) is 0 Å². The van der Waals surface area contributed by atoms with E-state index >= 15 is 0 Å². The molecule has 8 heteroatoms. The molecule has 1 aliphatic heterocycles. The van der Waals surface area contributed by atoms with Crippen molar-refractivity contribution in [1.29, 1.82) is 0 Å². The van der Waals surface area contributed by atoms with Gasteiger partial charge in [-0.2, -0.15) is 4.72 Å². The summed E-state index contributed by atoms with van der Waals surface area (Å²) in [6.07, 6.45) is 0.987. The molecule has 0 atom stereocenters. The fourth-order valence-corrected chi connectivity index (χ4v) is 4.14. The van der Waals surface area contributed by atoms with Gasteiger partial charge >= 0.3 is 0 Å². The Labute approximate surface area is 129 Å². The lowest BCUT2D eigenvalue weighted by molar-refractivity contribution is 0.220. The summed E-state index contributed by atoms with van der Waals surface area (Å²) in [5, 5.41) is 0. The van der Waals surface area contributed by atoms with Gasteiger partial charge in [-0.3, -0.25) is 0 Å². The first kappa shape index (κ1) is 16.3. The van der Waals surface area contributed by atoms with Crippen molar-refractivity contribution in [2.24, 2.45) is 5.73 Å². The van der Waals surface area contributed by atoms with Crippen molar-refractivity contribution in [3.63, 3.8) is 0 Å². The minimum absolute atomic E-state index is 0.121. The zero-order valence-electron chi connectivity index (χ0n) is 11.7. The number of nitrogens with zero attached hydrogens (tertiary/aromatic N) is 1. The van der Waals surface area contributed by atoms with Crippen molar-refractivity contribution in [2.75, 3.05) is 20.1 Å². The van der Waals surface area contributed by atoms with Crippen molar-refractivity contribution >= 4 is 27.2 Å². The summed E-state index contributed by atoms with van der Waals surface area (Å²) in [5.41, 5.74) is 4.82. The third-order valence-corrected chi connectivity index (χ3v) is 5.67. The Hall–Kier alpha value is -1.09. The number of rotatable bonds is 4. The molecule has 1 aliphatic rings. The molecule has 1 aromatic carbocycles. The van der Waals surface area contributed by atoms with E-state index < -0.39 is 21.4 Å². The van der Waals surface area contributed by atoms with Gasteiger partial charge in [0.25, 0.3) is 0 Å². The molecule has 0 spiro atoms. The van der Waals surface area contributed by atoms with E-state index in [0.29, 0.717) is 25.9 Å². The fraction of sp³-hybridized carbons (Fsp3) is 0.462. The molecule has 0 aliphatic carbocycles. The van der Waals surface area contributed by atoms with Gasteiger partial charge in [0.05, 0.1) is 15.4 Å². The third kappa shape index (κ3) is 3.57. The Bertz CT molecular complexity index is 641. The van der Waals surface area contributed by atoms with E-state index in [1.807, 2.05) is 7.05 Å². The van der Waals surface area contributed by atoms with Crippen LogP contribution in [0.5, 0.6) is 0 Å². The number of thiocarbonyl (C=S) groups is 1. The van der Waals surface area contributed by atoms with E-state index in [9.17, 15) is 12.8 Å². The van der Waals surface area contributed by atoms with E-state index in [1.165, 1.54) is 18.2 Å². The Morgan fingerprint density at radius 2 is 2.05 bits per heavy atom. The average Bonchev–Trinajstić information content (AvgIpc) is 2.41. The number of benzene rings is 1. The summed E-state index contributed by atoms with van der Waals surface area (Å²) < 4.78 is 40.7. The van der Waals surface area contributed by atoms with Crippen LogP contribution < -0.4 is 10.5 Å². The topological polar surface area (TPSA) is 75.4 Å². The van der Waals surface area contributed by atoms with Gasteiger partial charge in [-0.1, -0.05) is 18.3 Å². The SMILES string of the molecule is CN1CCC(NS(=O)(=O)c2cccc(F)c2)(C(N)=S)CC1. The smallest absolute Gasteiger partial charge is 0.241 e. The van der Waals surface area contributed by atoms with Crippen molar-refractivity contribution in [3.8, 4) is 0 Å². The first-order valence-electron chi connectivity index (χ1n) is 6.53. The molecule has 0 radical (unpaired) electrons. The lowest BCUT2D eigenvalue weighted by Gasteiger charge is -2.40. The monoisotopic (exact) mass is 331 g/mol. The minimum Gasteiger partial charge on any atom is -0.392 e. The largest absolute Gasteiger partial charge is 0.392 e. The van der Waals surface area contributed by atoms with Crippen molar-refractivity contribution in [3.05, 3.63) is 30.1 Å². The minimum atomic E-state index is -3.88. The number of hydrogen-bond acceptors (Lipinski definition) is 4. The quantitative estimate of drug-likeness (QED) is 0.800. The first-order valence-corrected chi connectivity index (χ1v) is 8.42. The maximum absolute atomic E-state index is 13.2. The number of sulfonamides is 1. The van der Waals surface area contributed by atoms with Gasteiger partial charge in [-0.15, -0.1) is 0 Å². The second-order valence-electron chi connectivity index (χ2n) is 5.31. The highest BCUT2D eigenvalue weighted by Gasteiger charge is 2.40. The first-order chi connectivity index (χ1) is 9.75. The number of likely N-dealkylation sites (tertiary alicyclic amines) is 1. The molecule has 21 heavy (non-hydrogen) atoms. The average molecular weight is 331 g/mol. The molecular formula is C13H18FN3O2S2. The number of hydrogen-bond donors (Lipinski definition) is 2. The summed E-state index contributed by atoms with van der Waals surface area (Å²) in [6, 6.07) is 4.86. The standard InChI is InChI=1S/C13H18FN3O2S2/c1-17-7-5-13(6-8-17,12(15)20)16-21(18,19)11-4-2-3-10(14)9-11/h2-4,9,16H,5-8H2,1H3,(H2,15,20). The summed E-state index contributed by atoms with van der Waals surface area (Å²) in [4.78, 5) is 2.07. The lowest BCUT2D eigenvalue weighted by Crippen LogP contribution is -2.61. The Kier molecular flexibility index (Phi) is 4.62. The van der Waals surface area contributed by atoms with E-state index in [-0.39, 0.29) is 9.88 Å². The highest BCUT2D eigenvalue weighted by atomic mass is 32.2. The van der Waals surface area contributed by atoms with Crippen LogP contribution in [-0.2, 0) is 10.0 Å². The van der Waals surface area contributed by atoms with E-state index in [1.54, 1.807) is 0 Å². The molecule has 1 fully saturated rings. The number of piperidine rings is 1.